The molecule has 9 heteroatoms. The zero-order valence-electron chi connectivity index (χ0n) is 13.2. The van der Waals surface area contributed by atoms with Crippen LogP contribution in [0.4, 0.5) is 0 Å². The molecule has 1 aromatic carbocycles. The summed E-state index contributed by atoms with van der Waals surface area (Å²) in [6, 6.07) is 6.74. The Morgan fingerprint density at radius 3 is 2.09 bits per heavy atom. The average molecular weight is 365 g/mol. The number of hydrogen-bond acceptors (Lipinski definition) is 6. The van der Waals surface area contributed by atoms with E-state index >= 15 is 0 Å². The minimum atomic E-state index is -3.67. The highest BCUT2D eigenvalue weighted by atomic mass is 32.2. The summed E-state index contributed by atoms with van der Waals surface area (Å²) in [5.41, 5.74) is 1.03. The highest BCUT2D eigenvalue weighted by molar-refractivity contribution is 7.86. The van der Waals surface area contributed by atoms with Crippen LogP contribution in [0.5, 0.6) is 0 Å². The van der Waals surface area contributed by atoms with Gasteiger partial charge in [0.2, 0.25) is 0 Å². The second-order valence-corrected chi connectivity index (χ2v) is 8.56. The summed E-state index contributed by atoms with van der Waals surface area (Å²) in [7, 11) is -7.26. The van der Waals surface area contributed by atoms with Gasteiger partial charge >= 0.3 is 0 Å². The van der Waals surface area contributed by atoms with Crippen LogP contribution in [0.1, 0.15) is 18.4 Å². The van der Waals surface area contributed by atoms with E-state index in [1.54, 1.807) is 24.3 Å². The van der Waals surface area contributed by atoms with Crippen molar-refractivity contribution in [2.45, 2.75) is 24.7 Å². The fraction of sp³-hybridized carbons (Fsp3) is 0.571. The molecular weight excluding hydrogens is 342 g/mol. The summed E-state index contributed by atoms with van der Waals surface area (Å²) in [4.78, 5) is 0.238. The Balaban J connectivity index is 0.000000463. The molecule has 0 bridgehead atoms. The molecule has 0 atom stereocenters. The Morgan fingerprint density at radius 2 is 1.61 bits per heavy atom. The lowest BCUT2D eigenvalue weighted by Gasteiger charge is -2.21. The average Bonchev–Trinajstić information content (AvgIpc) is 2.45. The van der Waals surface area contributed by atoms with Crippen LogP contribution >= 0.6 is 0 Å². The second kappa shape index (κ2) is 8.74. The number of piperidine rings is 1. The van der Waals surface area contributed by atoms with Gasteiger partial charge in [0.25, 0.3) is 20.2 Å². The number of rotatable bonds is 4. The maximum atomic E-state index is 11.9. The largest absolute Gasteiger partial charge is 0.317 e. The molecule has 132 valence electrons. The van der Waals surface area contributed by atoms with Crippen LogP contribution in [0.2, 0.25) is 0 Å². The molecule has 1 aromatic rings. The smallest absolute Gasteiger partial charge is 0.296 e. The molecule has 0 unspecified atom stereocenters. The molecule has 0 radical (unpaired) electrons. The van der Waals surface area contributed by atoms with Crippen molar-refractivity contribution in [1.82, 2.24) is 5.32 Å². The highest BCUT2D eigenvalue weighted by Crippen LogP contribution is 2.17. The van der Waals surface area contributed by atoms with Gasteiger partial charge in [-0.25, -0.2) is 0 Å². The van der Waals surface area contributed by atoms with Crippen LogP contribution in [-0.4, -0.2) is 47.3 Å². The fourth-order valence-electron chi connectivity index (χ4n) is 2.01. The van der Waals surface area contributed by atoms with Crippen LogP contribution < -0.4 is 5.32 Å². The van der Waals surface area contributed by atoms with E-state index in [2.05, 4.69) is 5.32 Å². The summed E-state index contributed by atoms with van der Waals surface area (Å²) in [5.74, 6) is 0.339. The lowest BCUT2D eigenvalue weighted by molar-refractivity contribution is 0.220. The second-order valence-electron chi connectivity index (χ2n) is 5.48. The van der Waals surface area contributed by atoms with E-state index in [4.69, 9.17) is 8.74 Å². The van der Waals surface area contributed by atoms with Crippen molar-refractivity contribution in [3.63, 3.8) is 0 Å². The van der Waals surface area contributed by atoms with E-state index < -0.39 is 20.2 Å². The topological polar surface area (TPSA) is 110 Å². The van der Waals surface area contributed by atoms with Crippen LogP contribution in [0.25, 0.3) is 0 Å². The lowest BCUT2D eigenvalue weighted by Crippen LogP contribution is -2.30. The van der Waals surface area contributed by atoms with E-state index in [0.717, 1.165) is 31.5 Å². The Hall–Kier alpha value is -1.00. The molecule has 0 saturated carbocycles. The first-order valence-corrected chi connectivity index (χ1v) is 10.4. The van der Waals surface area contributed by atoms with Crippen molar-refractivity contribution in [3.8, 4) is 0 Å². The molecule has 0 spiro atoms. The van der Waals surface area contributed by atoms with Crippen molar-refractivity contribution >= 4 is 20.2 Å². The predicted octanol–water partition coefficient (Wildman–Crippen LogP) is 1.20. The molecule has 0 amide bonds. The molecule has 1 saturated heterocycles. The molecular formula is C14H23NO6S2. The predicted molar refractivity (Wildman–Crippen MR) is 87.4 cm³/mol. The van der Waals surface area contributed by atoms with Crippen molar-refractivity contribution in [2.75, 3.05) is 26.0 Å². The Kier molecular flexibility index (Phi) is 7.62. The summed E-state index contributed by atoms with van der Waals surface area (Å²) in [6.07, 6.45) is 2.67. The van der Waals surface area contributed by atoms with E-state index in [1.807, 2.05) is 6.92 Å². The molecule has 7 nitrogen and oxygen atoms in total. The van der Waals surface area contributed by atoms with E-state index in [9.17, 15) is 16.8 Å². The van der Waals surface area contributed by atoms with Gasteiger partial charge < -0.3 is 5.32 Å². The minimum absolute atomic E-state index is 0.238. The number of benzene rings is 1. The number of aryl methyl sites for hydroxylation is 1. The van der Waals surface area contributed by atoms with Gasteiger partial charge in [0.1, 0.15) is 0 Å². The number of hydrogen-bond donors (Lipinski definition) is 2. The summed E-state index contributed by atoms with van der Waals surface area (Å²) in [5, 5.41) is 3.24. The van der Waals surface area contributed by atoms with Crippen molar-refractivity contribution < 1.29 is 25.6 Å². The van der Waals surface area contributed by atoms with Crippen LogP contribution in [-0.2, 0) is 24.4 Å². The van der Waals surface area contributed by atoms with Crippen LogP contribution in [0.3, 0.4) is 0 Å². The molecule has 23 heavy (non-hydrogen) atoms. The first-order chi connectivity index (χ1) is 10.6. The third kappa shape index (κ3) is 9.01. The standard InChI is InChI=1S/C13H19NO3S.CH4O3S/c1-11-2-4-13(5-3-11)18(15,16)17-10-12-6-8-14-9-7-12;1-5(2,3)4/h2-5,12,14H,6-10H2,1H3;1H3,(H,2,3,4). The quantitative estimate of drug-likeness (QED) is 0.609. The molecule has 1 aliphatic heterocycles. The zero-order valence-corrected chi connectivity index (χ0v) is 14.9. The van der Waals surface area contributed by atoms with Crippen LogP contribution in [0.15, 0.2) is 29.2 Å². The minimum Gasteiger partial charge on any atom is -0.317 e. The Labute approximate surface area is 137 Å². The molecule has 1 aliphatic rings. The Bertz CT molecular complexity index is 668. The van der Waals surface area contributed by atoms with E-state index in [0.29, 0.717) is 12.2 Å². The fourth-order valence-corrected chi connectivity index (χ4v) is 2.98. The molecule has 1 heterocycles. The third-order valence-electron chi connectivity index (χ3n) is 3.23. The maximum absolute atomic E-state index is 11.9. The molecule has 2 rings (SSSR count). The van der Waals surface area contributed by atoms with E-state index in [-0.39, 0.29) is 11.5 Å². The van der Waals surface area contributed by atoms with Crippen molar-refractivity contribution in [2.24, 2.45) is 5.92 Å². The molecule has 1 fully saturated rings. The summed E-state index contributed by atoms with van der Waals surface area (Å²) >= 11 is 0. The highest BCUT2D eigenvalue weighted by Gasteiger charge is 2.19. The SMILES string of the molecule is CS(=O)(=O)O.Cc1ccc(S(=O)(=O)OCC2CCNCC2)cc1. The van der Waals surface area contributed by atoms with Gasteiger partial charge in [-0.3, -0.25) is 8.74 Å². The van der Waals surface area contributed by atoms with Gasteiger partial charge in [0.05, 0.1) is 17.8 Å². The van der Waals surface area contributed by atoms with Crippen LogP contribution in [0, 0.1) is 12.8 Å². The summed E-state index contributed by atoms with van der Waals surface area (Å²) in [6.45, 7) is 4.10. The Morgan fingerprint density at radius 1 is 1.13 bits per heavy atom. The van der Waals surface area contributed by atoms with Gasteiger partial charge in [-0.2, -0.15) is 16.8 Å². The zero-order chi connectivity index (χ0) is 17.5. The van der Waals surface area contributed by atoms with Gasteiger partial charge in [-0.05, 0) is 50.9 Å². The number of nitrogens with one attached hydrogen (secondary N) is 1. The van der Waals surface area contributed by atoms with Gasteiger partial charge in [0, 0.05) is 0 Å². The van der Waals surface area contributed by atoms with Gasteiger partial charge in [-0.15, -0.1) is 0 Å². The van der Waals surface area contributed by atoms with Crippen molar-refractivity contribution in [1.29, 1.82) is 0 Å². The maximum Gasteiger partial charge on any atom is 0.296 e. The molecule has 2 N–H and O–H groups in total. The monoisotopic (exact) mass is 365 g/mol. The molecule has 0 aliphatic carbocycles. The normalized spacial score (nSPS) is 16.5. The van der Waals surface area contributed by atoms with E-state index in [1.165, 1.54) is 0 Å². The first-order valence-electron chi connectivity index (χ1n) is 7.17. The lowest BCUT2D eigenvalue weighted by atomic mass is 10.00. The van der Waals surface area contributed by atoms with Gasteiger partial charge in [-0.1, -0.05) is 17.7 Å². The van der Waals surface area contributed by atoms with Gasteiger partial charge in [0.15, 0.2) is 0 Å². The first kappa shape index (κ1) is 20.0. The molecule has 0 aromatic heterocycles. The van der Waals surface area contributed by atoms with Crippen molar-refractivity contribution in [3.05, 3.63) is 29.8 Å². The summed E-state index contributed by atoms with van der Waals surface area (Å²) < 4.78 is 54.9. The third-order valence-corrected chi connectivity index (χ3v) is 4.52.